The van der Waals surface area contributed by atoms with Crippen molar-refractivity contribution in [1.29, 1.82) is 0 Å². The Bertz CT molecular complexity index is 341. The van der Waals surface area contributed by atoms with Crippen LogP contribution in [0.2, 0.25) is 0 Å². The van der Waals surface area contributed by atoms with Crippen LogP contribution in [-0.4, -0.2) is 40.6 Å². The molecule has 2 rings (SSSR count). The molecule has 1 aromatic heterocycles. The van der Waals surface area contributed by atoms with Gasteiger partial charge in [0.1, 0.15) is 0 Å². The molecule has 0 spiro atoms. The molecule has 0 atom stereocenters. The Morgan fingerprint density at radius 1 is 1.44 bits per heavy atom. The highest BCUT2D eigenvalue weighted by Gasteiger charge is 2.19. The van der Waals surface area contributed by atoms with Crippen LogP contribution in [0.4, 0.5) is 5.95 Å². The van der Waals surface area contributed by atoms with E-state index in [4.69, 9.17) is 0 Å². The number of nitrogens with zero attached hydrogens (tertiary/aromatic N) is 3. The van der Waals surface area contributed by atoms with Crippen molar-refractivity contribution in [2.45, 2.75) is 51.6 Å². The molecule has 0 saturated heterocycles. The minimum atomic E-state index is 0.806. The van der Waals surface area contributed by atoms with E-state index in [1.807, 2.05) is 6.20 Å². The molecule has 1 aromatic rings. The predicted octanol–water partition coefficient (Wildman–Crippen LogP) is 2.58. The maximum Gasteiger partial charge on any atom is 0.202 e. The fraction of sp³-hybridized carbons (Fsp3) is 0.786. The van der Waals surface area contributed by atoms with Gasteiger partial charge in [-0.25, -0.2) is 4.98 Å². The van der Waals surface area contributed by atoms with Gasteiger partial charge in [0.15, 0.2) is 0 Å². The Kier molecular flexibility index (Phi) is 5.05. The second kappa shape index (κ2) is 6.78. The first-order valence-corrected chi connectivity index (χ1v) is 7.26. The zero-order chi connectivity index (χ0) is 12.8. The lowest BCUT2D eigenvalue weighted by Gasteiger charge is -2.24. The Labute approximate surface area is 110 Å². The highest BCUT2D eigenvalue weighted by atomic mass is 15.2. The van der Waals surface area contributed by atoms with Gasteiger partial charge in [0.05, 0.1) is 0 Å². The molecule has 1 saturated carbocycles. The summed E-state index contributed by atoms with van der Waals surface area (Å²) in [4.78, 5) is 6.87. The van der Waals surface area contributed by atoms with Gasteiger partial charge < -0.3 is 14.8 Å². The molecule has 1 aliphatic carbocycles. The second-order valence-corrected chi connectivity index (χ2v) is 5.29. The first kappa shape index (κ1) is 13.4. The van der Waals surface area contributed by atoms with Gasteiger partial charge in [0.25, 0.3) is 0 Å². The lowest BCUT2D eigenvalue weighted by Crippen LogP contribution is -2.32. The largest absolute Gasteiger partial charge is 0.356 e. The van der Waals surface area contributed by atoms with Crippen molar-refractivity contribution in [2.24, 2.45) is 0 Å². The Balaban J connectivity index is 1.80. The summed E-state index contributed by atoms with van der Waals surface area (Å²) in [5.74, 6) is 1.01. The highest BCUT2D eigenvalue weighted by molar-refractivity contribution is 5.25. The lowest BCUT2D eigenvalue weighted by atomic mass is 10.2. The summed E-state index contributed by atoms with van der Waals surface area (Å²) >= 11 is 0. The zero-order valence-corrected chi connectivity index (χ0v) is 11.7. The van der Waals surface area contributed by atoms with E-state index in [1.165, 1.54) is 25.7 Å². The summed E-state index contributed by atoms with van der Waals surface area (Å²) in [7, 11) is 2.26. The first-order valence-electron chi connectivity index (χ1n) is 7.26. The molecule has 4 heteroatoms. The van der Waals surface area contributed by atoms with Gasteiger partial charge in [0.2, 0.25) is 5.95 Å². The van der Waals surface area contributed by atoms with Crippen molar-refractivity contribution in [2.75, 3.05) is 25.5 Å². The molecule has 102 valence electrons. The van der Waals surface area contributed by atoms with E-state index >= 15 is 0 Å². The molecule has 0 aliphatic heterocycles. The van der Waals surface area contributed by atoms with Crippen LogP contribution in [0.25, 0.3) is 0 Å². The number of imidazole rings is 1. The van der Waals surface area contributed by atoms with Crippen LogP contribution < -0.4 is 5.32 Å². The van der Waals surface area contributed by atoms with E-state index in [0.29, 0.717) is 0 Å². The van der Waals surface area contributed by atoms with Crippen molar-refractivity contribution in [3.8, 4) is 0 Å². The quantitative estimate of drug-likeness (QED) is 0.807. The van der Waals surface area contributed by atoms with Gasteiger partial charge in [-0.2, -0.15) is 0 Å². The average molecular weight is 250 g/mol. The second-order valence-electron chi connectivity index (χ2n) is 5.29. The van der Waals surface area contributed by atoms with E-state index in [0.717, 1.165) is 38.0 Å². The zero-order valence-electron chi connectivity index (χ0n) is 11.7. The monoisotopic (exact) mass is 250 g/mol. The molecule has 1 N–H and O–H groups in total. The Morgan fingerprint density at radius 2 is 2.22 bits per heavy atom. The van der Waals surface area contributed by atoms with Crippen molar-refractivity contribution in [1.82, 2.24) is 14.5 Å². The van der Waals surface area contributed by atoms with Gasteiger partial charge in [-0.3, -0.25) is 0 Å². The van der Waals surface area contributed by atoms with Crippen LogP contribution in [-0.2, 0) is 6.54 Å². The van der Waals surface area contributed by atoms with Crippen LogP contribution in [0.3, 0.4) is 0 Å². The van der Waals surface area contributed by atoms with Gasteiger partial charge in [-0.15, -0.1) is 0 Å². The fourth-order valence-corrected chi connectivity index (χ4v) is 2.69. The minimum Gasteiger partial charge on any atom is -0.356 e. The summed E-state index contributed by atoms with van der Waals surface area (Å²) in [5.41, 5.74) is 0. The van der Waals surface area contributed by atoms with Crippen LogP contribution in [0.5, 0.6) is 0 Å². The van der Waals surface area contributed by atoms with Crippen molar-refractivity contribution >= 4 is 5.95 Å². The molecule has 4 nitrogen and oxygen atoms in total. The Hall–Kier alpha value is -1.03. The average Bonchev–Trinajstić information content (AvgIpc) is 3.04. The van der Waals surface area contributed by atoms with Crippen LogP contribution in [0.1, 0.15) is 39.0 Å². The molecule has 0 unspecified atom stereocenters. The molecule has 1 fully saturated rings. The van der Waals surface area contributed by atoms with E-state index < -0.39 is 0 Å². The van der Waals surface area contributed by atoms with Crippen LogP contribution in [0, 0.1) is 0 Å². The molecule has 1 heterocycles. The van der Waals surface area contributed by atoms with Crippen LogP contribution >= 0.6 is 0 Å². The van der Waals surface area contributed by atoms with Gasteiger partial charge in [-0.05, 0) is 26.3 Å². The Morgan fingerprint density at radius 3 is 2.94 bits per heavy atom. The van der Waals surface area contributed by atoms with Gasteiger partial charge >= 0.3 is 0 Å². The van der Waals surface area contributed by atoms with E-state index in [1.54, 1.807) is 0 Å². The predicted molar refractivity (Wildman–Crippen MR) is 75.9 cm³/mol. The molecular weight excluding hydrogens is 224 g/mol. The van der Waals surface area contributed by atoms with Gasteiger partial charge in [-0.1, -0.05) is 19.8 Å². The third kappa shape index (κ3) is 3.48. The smallest absolute Gasteiger partial charge is 0.202 e. The first-order chi connectivity index (χ1) is 8.81. The maximum atomic E-state index is 4.36. The summed E-state index contributed by atoms with van der Waals surface area (Å²) in [6.45, 7) is 5.31. The minimum absolute atomic E-state index is 0.806. The summed E-state index contributed by atoms with van der Waals surface area (Å²) in [6.07, 6.45) is 10.7. The molecule has 0 radical (unpaired) electrons. The molecule has 0 amide bonds. The lowest BCUT2D eigenvalue weighted by molar-refractivity contribution is 0.237. The number of anilines is 1. The summed E-state index contributed by atoms with van der Waals surface area (Å²) < 4.78 is 2.22. The number of hydrogen-bond acceptors (Lipinski definition) is 3. The number of rotatable bonds is 7. The third-order valence-electron chi connectivity index (χ3n) is 3.89. The van der Waals surface area contributed by atoms with Gasteiger partial charge in [0, 0.05) is 38.1 Å². The third-order valence-corrected chi connectivity index (χ3v) is 3.89. The SMILES string of the molecule is CCCNc1nccn1CCN(C)C1CCCC1. The maximum absolute atomic E-state index is 4.36. The standard InChI is InChI=1S/C14H26N4/c1-3-8-15-14-16-9-10-18(14)12-11-17(2)13-6-4-5-7-13/h9-10,13H,3-8,11-12H2,1-2H3,(H,15,16). The number of nitrogens with one attached hydrogen (secondary N) is 1. The van der Waals surface area contributed by atoms with E-state index in [9.17, 15) is 0 Å². The number of likely N-dealkylation sites (N-methyl/N-ethyl adjacent to an activating group) is 1. The highest BCUT2D eigenvalue weighted by Crippen LogP contribution is 2.22. The summed E-state index contributed by atoms with van der Waals surface area (Å²) in [5, 5.41) is 3.37. The fourth-order valence-electron chi connectivity index (χ4n) is 2.69. The molecular formula is C14H26N4. The summed E-state index contributed by atoms with van der Waals surface area (Å²) in [6, 6.07) is 0.806. The topological polar surface area (TPSA) is 33.1 Å². The van der Waals surface area contributed by atoms with Crippen molar-refractivity contribution in [3.63, 3.8) is 0 Å². The van der Waals surface area contributed by atoms with E-state index in [2.05, 4.69) is 39.9 Å². The molecule has 0 bridgehead atoms. The van der Waals surface area contributed by atoms with E-state index in [-0.39, 0.29) is 0 Å². The number of hydrogen-bond donors (Lipinski definition) is 1. The normalized spacial score (nSPS) is 16.6. The molecule has 18 heavy (non-hydrogen) atoms. The van der Waals surface area contributed by atoms with Crippen molar-refractivity contribution < 1.29 is 0 Å². The van der Waals surface area contributed by atoms with Crippen molar-refractivity contribution in [3.05, 3.63) is 12.4 Å². The number of aromatic nitrogens is 2. The van der Waals surface area contributed by atoms with Crippen LogP contribution in [0.15, 0.2) is 12.4 Å². The molecule has 1 aliphatic rings. The molecule has 0 aromatic carbocycles.